The molecule has 1 aromatic carbocycles. The van der Waals surface area contributed by atoms with E-state index >= 15 is 0 Å². The van der Waals surface area contributed by atoms with E-state index in [-0.39, 0.29) is 11.3 Å². The fourth-order valence-corrected chi connectivity index (χ4v) is 2.08. The largest absolute Gasteiger partial charge is 0.481 e. The van der Waals surface area contributed by atoms with Gasteiger partial charge in [-0.25, -0.2) is 0 Å². The molecule has 1 atom stereocenters. The molecule has 0 radical (unpaired) electrons. The lowest BCUT2D eigenvalue weighted by atomic mass is 9.87. The maximum atomic E-state index is 12.0. The van der Waals surface area contributed by atoms with Crippen molar-refractivity contribution >= 4 is 5.91 Å². The van der Waals surface area contributed by atoms with E-state index in [1.165, 1.54) is 5.56 Å². The Kier molecular flexibility index (Phi) is 3.83. The fraction of sp³-hybridized carbons (Fsp3) is 0.562. The SMILES string of the molecule is CC(Oc1ccc(C(C)(C)C)cc1)C(=O)N1CCC1. The Morgan fingerprint density at radius 1 is 1.21 bits per heavy atom. The molecule has 1 aromatic rings. The Hall–Kier alpha value is -1.51. The zero-order chi connectivity index (χ0) is 14.0. The standard InChI is InChI=1S/C16H23NO2/c1-12(15(18)17-10-5-11-17)19-14-8-6-13(7-9-14)16(2,3)4/h6-9,12H,5,10-11H2,1-4H3. The van der Waals surface area contributed by atoms with Crippen molar-refractivity contribution in [3.05, 3.63) is 29.8 Å². The number of ether oxygens (including phenoxy) is 1. The van der Waals surface area contributed by atoms with E-state index in [1.807, 2.05) is 24.0 Å². The van der Waals surface area contributed by atoms with E-state index in [4.69, 9.17) is 4.74 Å². The highest BCUT2D eigenvalue weighted by atomic mass is 16.5. The molecule has 0 aromatic heterocycles. The summed E-state index contributed by atoms with van der Waals surface area (Å²) in [4.78, 5) is 13.8. The van der Waals surface area contributed by atoms with Gasteiger partial charge in [0.15, 0.2) is 6.10 Å². The van der Waals surface area contributed by atoms with Crippen LogP contribution in [0.1, 0.15) is 39.7 Å². The van der Waals surface area contributed by atoms with Gasteiger partial charge in [-0.15, -0.1) is 0 Å². The second-order valence-corrected chi connectivity index (χ2v) is 6.21. The minimum Gasteiger partial charge on any atom is -0.481 e. The number of rotatable bonds is 3. The molecule has 0 spiro atoms. The molecule has 3 nitrogen and oxygen atoms in total. The third-order valence-corrected chi connectivity index (χ3v) is 3.55. The highest BCUT2D eigenvalue weighted by Gasteiger charge is 2.26. The average molecular weight is 261 g/mol. The lowest BCUT2D eigenvalue weighted by Crippen LogP contribution is -2.47. The molecular formula is C16H23NO2. The second kappa shape index (κ2) is 5.24. The van der Waals surface area contributed by atoms with Gasteiger partial charge in [0.25, 0.3) is 5.91 Å². The maximum Gasteiger partial charge on any atom is 0.263 e. The summed E-state index contributed by atoms with van der Waals surface area (Å²) in [5.41, 5.74) is 1.40. The van der Waals surface area contributed by atoms with Crippen molar-refractivity contribution < 1.29 is 9.53 Å². The third kappa shape index (κ3) is 3.28. The molecule has 0 N–H and O–H groups in total. The van der Waals surface area contributed by atoms with E-state index in [9.17, 15) is 4.79 Å². The number of likely N-dealkylation sites (tertiary alicyclic amines) is 1. The van der Waals surface area contributed by atoms with E-state index < -0.39 is 6.10 Å². The van der Waals surface area contributed by atoms with Crippen molar-refractivity contribution in [2.24, 2.45) is 0 Å². The van der Waals surface area contributed by atoms with Gasteiger partial charge in [-0.3, -0.25) is 4.79 Å². The molecule has 1 amide bonds. The summed E-state index contributed by atoms with van der Waals surface area (Å²) in [6.45, 7) is 10.1. The molecule has 1 saturated heterocycles. The molecule has 0 saturated carbocycles. The first-order chi connectivity index (χ1) is 8.88. The van der Waals surface area contributed by atoms with Crippen molar-refractivity contribution in [2.75, 3.05) is 13.1 Å². The minimum atomic E-state index is -0.402. The summed E-state index contributed by atoms with van der Waals surface area (Å²) in [6.07, 6.45) is 0.708. The molecule has 3 heteroatoms. The topological polar surface area (TPSA) is 29.5 Å². The van der Waals surface area contributed by atoms with Crippen LogP contribution in [0.15, 0.2) is 24.3 Å². The molecule has 1 heterocycles. The lowest BCUT2D eigenvalue weighted by molar-refractivity contribution is -0.141. The Balaban J connectivity index is 1.97. The molecule has 0 aliphatic carbocycles. The summed E-state index contributed by atoms with van der Waals surface area (Å²) in [5.74, 6) is 0.848. The summed E-state index contributed by atoms with van der Waals surface area (Å²) in [6, 6.07) is 8.02. The minimum absolute atomic E-state index is 0.0890. The molecule has 19 heavy (non-hydrogen) atoms. The zero-order valence-corrected chi connectivity index (χ0v) is 12.3. The molecule has 104 valence electrons. The van der Waals surface area contributed by atoms with Crippen LogP contribution in [0.2, 0.25) is 0 Å². The highest BCUT2D eigenvalue weighted by molar-refractivity contribution is 5.81. The molecule has 1 aliphatic heterocycles. The van der Waals surface area contributed by atoms with Crippen LogP contribution in [0, 0.1) is 0 Å². The van der Waals surface area contributed by atoms with Gasteiger partial charge in [-0.2, -0.15) is 0 Å². The molecule has 1 unspecified atom stereocenters. The monoisotopic (exact) mass is 261 g/mol. The van der Waals surface area contributed by atoms with Crippen LogP contribution in [0.25, 0.3) is 0 Å². The number of benzene rings is 1. The highest BCUT2D eigenvalue weighted by Crippen LogP contribution is 2.24. The van der Waals surface area contributed by atoms with E-state index in [0.29, 0.717) is 0 Å². The summed E-state index contributed by atoms with van der Waals surface area (Å²) >= 11 is 0. The predicted octanol–water partition coefficient (Wildman–Crippen LogP) is 2.98. The van der Waals surface area contributed by atoms with E-state index in [1.54, 1.807) is 0 Å². The first-order valence-corrected chi connectivity index (χ1v) is 6.94. The number of carbonyl (C=O) groups is 1. The Morgan fingerprint density at radius 3 is 2.21 bits per heavy atom. The molecule has 1 aliphatic rings. The van der Waals surface area contributed by atoms with Gasteiger partial charge < -0.3 is 9.64 Å². The van der Waals surface area contributed by atoms with Gasteiger partial charge in [0.2, 0.25) is 0 Å². The van der Waals surface area contributed by atoms with Crippen LogP contribution in [0.3, 0.4) is 0 Å². The van der Waals surface area contributed by atoms with Gasteiger partial charge in [-0.05, 0) is 36.5 Å². The van der Waals surface area contributed by atoms with Gasteiger partial charge >= 0.3 is 0 Å². The van der Waals surface area contributed by atoms with E-state index in [0.717, 1.165) is 25.3 Å². The number of amides is 1. The van der Waals surface area contributed by atoms with E-state index in [2.05, 4.69) is 32.9 Å². The maximum absolute atomic E-state index is 12.0. The van der Waals surface area contributed by atoms with Crippen LogP contribution >= 0.6 is 0 Å². The lowest BCUT2D eigenvalue weighted by Gasteiger charge is -2.33. The van der Waals surface area contributed by atoms with Gasteiger partial charge in [0.1, 0.15) is 5.75 Å². The third-order valence-electron chi connectivity index (χ3n) is 3.55. The van der Waals surface area contributed by atoms with Gasteiger partial charge in [0, 0.05) is 13.1 Å². The van der Waals surface area contributed by atoms with Crippen molar-refractivity contribution in [1.82, 2.24) is 4.90 Å². The number of nitrogens with zero attached hydrogens (tertiary/aromatic N) is 1. The first-order valence-electron chi connectivity index (χ1n) is 6.94. The van der Waals surface area contributed by atoms with Gasteiger partial charge in [-0.1, -0.05) is 32.9 Å². The quantitative estimate of drug-likeness (QED) is 0.837. The Bertz CT molecular complexity index is 441. The Labute approximate surface area is 115 Å². The van der Waals surface area contributed by atoms with Crippen LogP contribution < -0.4 is 4.74 Å². The summed E-state index contributed by atoms with van der Waals surface area (Å²) in [7, 11) is 0. The van der Waals surface area contributed by atoms with Crippen molar-refractivity contribution in [2.45, 2.75) is 45.6 Å². The Morgan fingerprint density at radius 2 is 1.79 bits per heavy atom. The summed E-state index contributed by atoms with van der Waals surface area (Å²) < 4.78 is 5.71. The second-order valence-electron chi connectivity index (χ2n) is 6.21. The molecule has 1 fully saturated rings. The van der Waals surface area contributed by atoms with Crippen LogP contribution in [-0.2, 0) is 10.2 Å². The number of carbonyl (C=O) groups excluding carboxylic acids is 1. The number of hydrogen-bond donors (Lipinski definition) is 0. The smallest absolute Gasteiger partial charge is 0.263 e. The molecular weight excluding hydrogens is 238 g/mol. The summed E-state index contributed by atoms with van der Waals surface area (Å²) in [5, 5.41) is 0. The average Bonchev–Trinajstić information content (AvgIpc) is 2.26. The zero-order valence-electron chi connectivity index (χ0n) is 12.3. The predicted molar refractivity (Wildman–Crippen MR) is 76.4 cm³/mol. The first kappa shape index (κ1) is 13.9. The fourth-order valence-electron chi connectivity index (χ4n) is 2.08. The van der Waals surface area contributed by atoms with Crippen molar-refractivity contribution in [1.29, 1.82) is 0 Å². The van der Waals surface area contributed by atoms with Crippen LogP contribution in [0.5, 0.6) is 5.75 Å². The van der Waals surface area contributed by atoms with Crippen LogP contribution in [0.4, 0.5) is 0 Å². The van der Waals surface area contributed by atoms with Gasteiger partial charge in [0.05, 0.1) is 0 Å². The van der Waals surface area contributed by atoms with Crippen molar-refractivity contribution in [3.63, 3.8) is 0 Å². The molecule has 2 rings (SSSR count). The molecule has 0 bridgehead atoms. The normalized spacial score (nSPS) is 16.7. The van der Waals surface area contributed by atoms with Crippen molar-refractivity contribution in [3.8, 4) is 5.75 Å². The number of hydrogen-bond acceptors (Lipinski definition) is 2. The van der Waals surface area contributed by atoms with Crippen LogP contribution in [-0.4, -0.2) is 30.0 Å².